The molecule has 118 valence electrons. The zero-order chi connectivity index (χ0) is 15.4. The van der Waals surface area contributed by atoms with Crippen molar-refractivity contribution in [1.29, 1.82) is 0 Å². The van der Waals surface area contributed by atoms with E-state index in [0.717, 1.165) is 12.1 Å². The molecule has 2 atom stereocenters. The summed E-state index contributed by atoms with van der Waals surface area (Å²) < 4.78 is 19.4. The van der Waals surface area contributed by atoms with Gasteiger partial charge >= 0.3 is 0 Å². The molecule has 0 amide bonds. The molecule has 0 heterocycles. The van der Waals surface area contributed by atoms with E-state index in [-0.39, 0.29) is 11.9 Å². The van der Waals surface area contributed by atoms with Crippen molar-refractivity contribution in [3.05, 3.63) is 17.9 Å². The summed E-state index contributed by atoms with van der Waals surface area (Å²) in [6.07, 6.45) is 6.13. The van der Waals surface area contributed by atoms with Gasteiger partial charge in [0.15, 0.2) is 11.6 Å². The molecule has 2 rings (SSSR count). The van der Waals surface area contributed by atoms with Gasteiger partial charge in [-0.05, 0) is 32.6 Å². The number of anilines is 2. The molecule has 1 fully saturated rings. The smallest absolute Gasteiger partial charge is 0.167 e. The Bertz CT molecular complexity index is 476. The van der Waals surface area contributed by atoms with Gasteiger partial charge in [-0.2, -0.15) is 0 Å². The normalized spacial score (nSPS) is 22.9. The topological polar surface area (TPSA) is 47.3 Å². The number of benzene rings is 1. The first-order chi connectivity index (χ1) is 9.97. The molecule has 1 aliphatic rings. The SMILES string of the molecule is CC(C)Oc1cc(NC2CCCCCC2C)c(N)cc1F. The molecule has 0 spiro atoms. The lowest BCUT2D eigenvalue weighted by atomic mass is 9.96. The minimum atomic E-state index is -0.402. The number of hydrogen-bond acceptors (Lipinski definition) is 3. The van der Waals surface area contributed by atoms with Crippen molar-refractivity contribution in [3.8, 4) is 5.75 Å². The van der Waals surface area contributed by atoms with Crippen molar-refractivity contribution in [1.82, 2.24) is 0 Å². The lowest BCUT2D eigenvalue weighted by Gasteiger charge is -2.25. The largest absolute Gasteiger partial charge is 0.488 e. The Balaban J connectivity index is 2.18. The average molecular weight is 294 g/mol. The average Bonchev–Trinajstić information content (AvgIpc) is 2.60. The Labute approximate surface area is 127 Å². The van der Waals surface area contributed by atoms with Crippen LogP contribution in [0.15, 0.2) is 12.1 Å². The first-order valence-corrected chi connectivity index (χ1v) is 7.99. The van der Waals surface area contributed by atoms with Crippen LogP contribution in [0.2, 0.25) is 0 Å². The predicted molar refractivity (Wildman–Crippen MR) is 86.2 cm³/mol. The van der Waals surface area contributed by atoms with E-state index in [2.05, 4.69) is 12.2 Å². The number of rotatable bonds is 4. The molecule has 1 aliphatic carbocycles. The molecule has 0 aromatic heterocycles. The second-order valence-electron chi connectivity index (χ2n) is 6.40. The quantitative estimate of drug-likeness (QED) is 0.631. The molecule has 0 saturated heterocycles. The fourth-order valence-corrected chi connectivity index (χ4v) is 2.95. The zero-order valence-electron chi connectivity index (χ0n) is 13.3. The van der Waals surface area contributed by atoms with Crippen LogP contribution >= 0.6 is 0 Å². The van der Waals surface area contributed by atoms with Crippen LogP contribution in [0.3, 0.4) is 0 Å². The van der Waals surface area contributed by atoms with Gasteiger partial charge in [-0.15, -0.1) is 0 Å². The summed E-state index contributed by atoms with van der Waals surface area (Å²) >= 11 is 0. The highest BCUT2D eigenvalue weighted by Crippen LogP contribution is 2.32. The van der Waals surface area contributed by atoms with Gasteiger partial charge in [-0.3, -0.25) is 0 Å². The van der Waals surface area contributed by atoms with Crippen LogP contribution < -0.4 is 15.8 Å². The van der Waals surface area contributed by atoms with Gasteiger partial charge in [0.1, 0.15) is 0 Å². The van der Waals surface area contributed by atoms with E-state index in [9.17, 15) is 4.39 Å². The summed E-state index contributed by atoms with van der Waals surface area (Å²) in [7, 11) is 0. The van der Waals surface area contributed by atoms with Gasteiger partial charge in [-0.1, -0.05) is 26.2 Å². The van der Waals surface area contributed by atoms with E-state index in [4.69, 9.17) is 10.5 Å². The van der Waals surface area contributed by atoms with Crippen molar-refractivity contribution in [2.24, 2.45) is 5.92 Å². The van der Waals surface area contributed by atoms with Crippen LogP contribution in [0, 0.1) is 11.7 Å². The van der Waals surface area contributed by atoms with Crippen molar-refractivity contribution >= 4 is 11.4 Å². The van der Waals surface area contributed by atoms with E-state index < -0.39 is 5.82 Å². The molecule has 0 aliphatic heterocycles. The monoisotopic (exact) mass is 294 g/mol. The van der Waals surface area contributed by atoms with Crippen molar-refractivity contribution in [3.63, 3.8) is 0 Å². The maximum absolute atomic E-state index is 13.9. The van der Waals surface area contributed by atoms with Gasteiger partial charge in [-0.25, -0.2) is 4.39 Å². The predicted octanol–water partition coefficient (Wildman–Crippen LogP) is 4.58. The van der Waals surface area contributed by atoms with Crippen LogP contribution in [0.25, 0.3) is 0 Å². The van der Waals surface area contributed by atoms with E-state index in [0.29, 0.717) is 17.6 Å². The summed E-state index contributed by atoms with van der Waals surface area (Å²) in [5.74, 6) is 0.468. The molecule has 1 aromatic rings. The van der Waals surface area contributed by atoms with Crippen molar-refractivity contribution < 1.29 is 9.13 Å². The van der Waals surface area contributed by atoms with Gasteiger partial charge in [0.2, 0.25) is 0 Å². The highest BCUT2D eigenvalue weighted by atomic mass is 19.1. The third-order valence-electron chi connectivity index (χ3n) is 4.17. The highest BCUT2D eigenvalue weighted by Gasteiger charge is 2.21. The maximum atomic E-state index is 13.9. The van der Waals surface area contributed by atoms with Crippen LogP contribution in [-0.2, 0) is 0 Å². The van der Waals surface area contributed by atoms with Crippen molar-refractivity contribution in [2.75, 3.05) is 11.1 Å². The fourth-order valence-electron chi connectivity index (χ4n) is 2.95. The van der Waals surface area contributed by atoms with E-state index >= 15 is 0 Å². The van der Waals surface area contributed by atoms with E-state index in [1.807, 2.05) is 13.8 Å². The Morgan fingerprint density at radius 2 is 1.95 bits per heavy atom. The van der Waals surface area contributed by atoms with Gasteiger partial charge in [0.25, 0.3) is 0 Å². The molecule has 21 heavy (non-hydrogen) atoms. The number of halogens is 1. The lowest BCUT2D eigenvalue weighted by Crippen LogP contribution is -2.26. The fraction of sp³-hybridized carbons (Fsp3) is 0.647. The minimum absolute atomic E-state index is 0.0622. The molecular formula is C17H27FN2O. The maximum Gasteiger partial charge on any atom is 0.167 e. The van der Waals surface area contributed by atoms with E-state index in [1.165, 1.54) is 31.7 Å². The van der Waals surface area contributed by atoms with Gasteiger partial charge < -0.3 is 15.8 Å². The highest BCUT2D eigenvalue weighted by molar-refractivity contribution is 5.69. The Morgan fingerprint density at radius 1 is 1.24 bits per heavy atom. The third kappa shape index (κ3) is 4.26. The summed E-state index contributed by atoms with van der Waals surface area (Å²) in [5, 5.41) is 3.51. The number of ether oxygens (including phenoxy) is 1. The molecule has 3 nitrogen and oxygen atoms in total. The minimum Gasteiger partial charge on any atom is -0.488 e. The molecule has 0 radical (unpaired) electrons. The zero-order valence-corrected chi connectivity index (χ0v) is 13.3. The van der Waals surface area contributed by atoms with Crippen LogP contribution in [-0.4, -0.2) is 12.1 Å². The summed E-state index contributed by atoms with van der Waals surface area (Å²) in [6, 6.07) is 3.44. The molecular weight excluding hydrogens is 267 g/mol. The number of nitrogens with one attached hydrogen (secondary N) is 1. The second-order valence-corrected chi connectivity index (χ2v) is 6.40. The number of nitrogens with two attached hydrogens (primary N) is 1. The molecule has 2 unspecified atom stereocenters. The summed E-state index contributed by atoms with van der Waals surface area (Å²) in [4.78, 5) is 0. The Morgan fingerprint density at radius 3 is 2.67 bits per heavy atom. The number of hydrogen-bond donors (Lipinski definition) is 2. The molecule has 3 N–H and O–H groups in total. The first-order valence-electron chi connectivity index (χ1n) is 7.99. The van der Waals surface area contributed by atoms with Crippen molar-refractivity contribution in [2.45, 2.75) is 65.0 Å². The van der Waals surface area contributed by atoms with Crippen LogP contribution in [0.4, 0.5) is 15.8 Å². The molecule has 0 bridgehead atoms. The number of nitrogen functional groups attached to an aromatic ring is 1. The van der Waals surface area contributed by atoms with E-state index in [1.54, 1.807) is 6.07 Å². The van der Waals surface area contributed by atoms with Gasteiger partial charge in [0.05, 0.1) is 17.5 Å². The summed E-state index contributed by atoms with van der Waals surface area (Å²) in [6.45, 7) is 6.04. The third-order valence-corrected chi connectivity index (χ3v) is 4.17. The first kappa shape index (κ1) is 15.9. The Hall–Kier alpha value is -1.45. The standard InChI is InChI=1S/C17H27FN2O/c1-11(2)21-17-10-16(14(19)9-13(17)18)20-15-8-6-4-5-7-12(15)3/h9-12,15,20H,4-8,19H2,1-3H3. The van der Waals surface area contributed by atoms with Gasteiger partial charge in [0, 0.05) is 18.2 Å². The second kappa shape index (κ2) is 7.01. The lowest BCUT2D eigenvalue weighted by molar-refractivity contribution is 0.231. The molecule has 1 saturated carbocycles. The molecule has 1 aromatic carbocycles. The Kier molecular flexibility index (Phi) is 5.32. The van der Waals surface area contributed by atoms with Crippen LogP contribution in [0.5, 0.6) is 5.75 Å². The van der Waals surface area contributed by atoms with Crippen LogP contribution in [0.1, 0.15) is 52.9 Å². The summed E-state index contributed by atoms with van der Waals surface area (Å²) in [5.41, 5.74) is 7.19. The molecule has 4 heteroatoms.